The molecule has 0 aliphatic heterocycles. The highest BCUT2D eigenvalue weighted by Gasteiger charge is 2.18. The molecule has 146 valence electrons. The molecule has 0 spiro atoms. The van der Waals surface area contributed by atoms with Crippen LogP contribution in [0.5, 0.6) is 0 Å². The molecule has 3 aromatic rings. The number of hydrogen-bond acceptors (Lipinski definition) is 6. The maximum absolute atomic E-state index is 12.1. The van der Waals surface area contributed by atoms with E-state index in [2.05, 4.69) is 10.1 Å². The molecule has 8 nitrogen and oxygen atoms in total. The van der Waals surface area contributed by atoms with Gasteiger partial charge in [0, 0.05) is 44.9 Å². The maximum Gasteiger partial charge on any atom is 0.258 e. The Morgan fingerprint density at radius 2 is 1.64 bits per heavy atom. The van der Waals surface area contributed by atoms with Crippen molar-refractivity contribution < 1.29 is 17.7 Å². The van der Waals surface area contributed by atoms with Gasteiger partial charge in [0.15, 0.2) is 0 Å². The van der Waals surface area contributed by atoms with Crippen LogP contribution in [0, 0.1) is 0 Å². The van der Waals surface area contributed by atoms with E-state index >= 15 is 0 Å². The van der Waals surface area contributed by atoms with Crippen LogP contribution in [-0.2, 0) is 10.0 Å². The highest BCUT2D eigenvalue weighted by atomic mass is 32.2. The first kappa shape index (κ1) is 19.7. The summed E-state index contributed by atoms with van der Waals surface area (Å²) >= 11 is 0. The fraction of sp³-hybridized carbons (Fsp3) is 0.211. The second kappa shape index (κ2) is 7.53. The van der Waals surface area contributed by atoms with Crippen LogP contribution in [0.4, 0.5) is 0 Å². The van der Waals surface area contributed by atoms with Gasteiger partial charge < -0.3 is 9.42 Å². The first-order chi connectivity index (χ1) is 13.2. The molecule has 0 bridgehead atoms. The van der Waals surface area contributed by atoms with Crippen LogP contribution < -0.4 is 0 Å². The Bertz CT molecular complexity index is 1100. The Balaban J connectivity index is 1.89. The lowest BCUT2D eigenvalue weighted by Crippen LogP contribution is -2.22. The van der Waals surface area contributed by atoms with Crippen molar-refractivity contribution in [1.29, 1.82) is 0 Å². The zero-order valence-electron chi connectivity index (χ0n) is 15.9. The Labute approximate surface area is 163 Å². The standard InChI is InChI=1S/C19H20N4O4S/c1-22(2)19(24)15-7-5-6-14(12-15)18-20-17(21-27-18)13-8-10-16(11-9-13)28(25,26)23(3)4/h5-12H,1-4H3. The molecule has 1 aromatic heterocycles. The molecule has 0 N–H and O–H groups in total. The van der Waals surface area contributed by atoms with Crippen LogP contribution in [0.3, 0.4) is 0 Å². The molecule has 0 aliphatic carbocycles. The summed E-state index contributed by atoms with van der Waals surface area (Å²) in [6.45, 7) is 0. The van der Waals surface area contributed by atoms with Crippen LogP contribution in [0.1, 0.15) is 10.4 Å². The van der Waals surface area contributed by atoms with Gasteiger partial charge in [-0.1, -0.05) is 11.2 Å². The molecule has 0 saturated carbocycles. The van der Waals surface area contributed by atoms with Crippen LogP contribution >= 0.6 is 0 Å². The molecule has 9 heteroatoms. The number of benzene rings is 2. The van der Waals surface area contributed by atoms with E-state index < -0.39 is 10.0 Å². The zero-order chi connectivity index (χ0) is 20.5. The van der Waals surface area contributed by atoms with Gasteiger partial charge in [0.25, 0.3) is 11.8 Å². The highest BCUT2D eigenvalue weighted by molar-refractivity contribution is 7.89. The van der Waals surface area contributed by atoms with Gasteiger partial charge in [-0.25, -0.2) is 12.7 Å². The second-order valence-electron chi connectivity index (χ2n) is 6.52. The van der Waals surface area contributed by atoms with Gasteiger partial charge in [0.1, 0.15) is 0 Å². The van der Waals surface area contributed by atoms with E-state index in [4.69, 9.17) is 4.52 Å². The van der Waals surface area contributed by atoms with Crippen molar-refractivity contribution in [2.24, 2.45) is 0 Å². The minimum Gasteiger partial charge on any atom is -0.345 e. The topological polar surface area (TPSA) is 96.6 Å². The molecule has 0 atom stereocenters. The summed E-state index contributed by atoms with van der Waals surface area (Å²) in [5.41, 5.74) is 1.76. The third-order valence-electron chi connectivity index (χ3n) is 4.08. The summed E-state index contributed by atoms with van der Waals surface area (Å²) in [6.07, 6.45) is 0. The normalized spacial score (nSPS) is 11.6. The van der Waals surface area contributed by atoms with Crippen molar-refractivity contribution in [3.8, 4) is 22.8 Å². The Kier molecular flexibility index (Phi) is 5.30. The zero-order valence-corrected chi connectivity index (χ0v) is 16.8. The summed E-state index contributed by atoms with van der Waals surface area (Å²) in [5, 5.41) is 3.96. The third kappa shape index (κ3) is 3.80. The monoisotopic (exact) mass is 400 g/mol. The second-order valence-corrected chi connectivity index (χ2v) is 8.67. The number of carbonyl (C=O) groups is 1. The summed E-state index contributed by atoms with van der Waals surface area (Å²) in [6, 6.07) is 13.2. The molecule has 0 saturated heterocycles. The summed E-state index contributed by atoms with van der Waals surface area (Å²) in [5.74, 6) is 0.473. The summed E-state index contributed by atoms with van der Waals surface area (Å²) in [4.78, 5) is 18.2. The molecule has 0 unspecified atom stereocenters. The van der Waals surface area contributed by atoms with Crippen LogP contribution in [-0.4, -0.2) is 61.9 Å². The lowest BCUT2D eigenvalue weighted by Gasteiger charge is -2.11. The average Bonchev–Trinajstić information content (AvgIpc) is 3.17. The van der Waals surface area contributed by atoms with Crippen molar-refractivity contribution in [3.05, 3.63) is 54.1 Å². The fourth-order valence-corrected chi connectivity index (χ4v) is 3.39. The molecule has 1 amide bonds. The number of hydrogen-bond donors (Lipinski definition) is 0. The molecule has 28 heavy (non-hydrogen) atoms. The molecular weight excluding hydrogens is 380 g/mol. The van der Waals surface area contributed by atoms with Gasteiger partial charge in [-0.2, -0.15) is 4.98 Å². The van der Waals surface area contributed by atoms with Gasteiger partial charge in [-0.05, 0) is 42.5 Å². The predicted octanol–water partition coefficient (Wildman–Crippen LogP) is 2.36. The van der Waals surface area contributed by atoms with Gasteiger partial charge >= 0.3 is 0 Å². The van der Waals surface area contributed by atoms with Gasteiger partial charge in [-0.3, -0.25) is 4.79 Å². The number of rotatable bonds is 5. The number of nitrogens with zero attached hydrogens (tertiary/aromatic N) is 4. The first-order valence-corrected chi connectivity index (χ1v) is 9.83. The quantitative estimate of drug-likeness (QED) is 0.652. The van der Waals surface area contributed by atoms with Crippen molar-refractivity contribution in [3.63, 3.8) is 0 Å². The van der Waals surface area contributed by atoms with Gasteiger partial charge in [0.2, 0.25) is 15.8 Å². The predicted molar refractivity (Wildman–Crippen MR) is 104 cm³/mol. The summed E-state index contributed by atoms with van der Waals surface area (Å²) in [7, 11) is 2.81. The van der Waals surface area contributed by atoms with Crippen molar-refractivity contribution in [1.82, 2.24) is 19.3 Å². The minimum absolute atomic E-state index is 0.126. The maximum atomic E-state index is 12.1. The van der Waals surface area contributed by atoms with E-state index in [0.717, 1.165) is 4.31 Å². The van der Waals surface area contributed by atoms with E-state index in [0.29, 0.717) is 22.5 Å². The molecule has 0 aliphatic rings. The number of carbonyl (C=O) groups excluding carboxylic acids is 1. The smallest absolute Gasteiger partial charge is 0.258 e. The van der Waals surface area contributed by atoms with E-state index in [1.165, 1.54) is 31.1 Å². The minimum atomic E-state index is -3.50. The van der Waals surface area contributed by atoms with E-state index in [9.17, 15) is 13.2 Å². The largest absolute Gasteiger partial charge is 0.345 e. The van der Waals surface area contributed by atoms with Crippen molar-refractivity contribution >= 4 is 15.9 Å². The van der Waals surface area contributed by atoms with Crippen LogP contribution in [0.25, 0.3) is 22.8 Å². The number of aromatic nitrogens is 2. The first-order valence-electron chi connectivity index (χ1n) is 8.39. The lowest BCUT2D eigenvalue weighted by atomic mass is 10.1. The molecule has 1 heterocycles. The summed E-state index contributed by atoms with van der Waals surface area (Å²) < 4.78 is 30.8. The number of amides is 1. The molecule has 0 radical (unpaired) electrons. The van der Waals surface area contributed by atoms with Gasteiger partial charge in [-0.15, -0.1) is 0 Å². The van der Waals surface area contributed by atoms with E-state index in [-0.39, 0.29) is 16.7 Å². The van der Waals surface area contributed by atoms with E-state index in [1.807, 2.05) is 0 Å². The highest BCUT2D eigenvalue weighted by Crippen LogP contribution is 2.24. The third-order valence-corrected chi connectivity index (χ3v) is 5.91. The molecule has 3 rings (SSSR count). The van der Waals surface area contributed by atoms with Crippen LogP contribution in [0.2, 0.25) is 0 Å². The van der Waals surface area contributed by atoms with Crippen molar-refractivity contribution in [2.45, 2.75) is 4.90 Å². The average molecular weight is 400 g/mol. The Morgan fingerprint density at radius 1 is 0.964 bits per heavy atom. The SMILES string of the molecule is CN(C)C(=O)c1cccc(-c2nc(-c3ccc(S(=O)(=O)N(C)C)cc3)no2)c1. The fourth-order valence-electron chi connectivity index (χ4n) is 2.49. The van der Waals surface area contributed by atoms with Gasteiger partial charge in [0.05, 0.1) is 4.90 Å². The van der Waals surface area contributed by atoms with Crippen molar-refractivity contribution in [2.75, 3.05) is 28.2 Å². The Hall–Kier alpha value is -3.04. The molecule has 2 aromatic carbocycles. The molecular formula is C19H20N4O4S. The lowest BCUT2D eigenvalue weighted by molar-refractivity contribution is 0.0827. The Morgan fingerprint density at radius 3 is 2.25 bits per heavy atom. The molecule has 0 fully saturated rings. The number of sulfonamides is 1. The van der Waals surface area contributed by atoms with Crippen LogP contribution in [0.15, 0.2) is 57.9 Å². The van der Waals surface area contributed by atoms with E-state index in [1.54, 1.807) is 50.5 Å².